The molecule has 0 bridgehead atoms. The van der Waals surface area contributed by atoms with E-state index in [2.05, 4.69) is 10.2 Å². The number of nitrogens with zero attached hydrogens (tertiary/aromatic N) is 1. The van der Waals surface area contributed by atoms with Gasteiger partial charge in [-0.1, -0.05) is 0 Å². The second kappa shape index (κ2) is 5.83. The molecule has 1 N–H and O–H groups in total. The van der Waals surface area contributed by atoms with E-state index < -0.39 is 0 Å². The zero-order valence-corrected chi connectivity index (χ0v) is 10.9. The van der Waals surface area contributed by atoms with Crippen molar-refractivity contribution in [3.05, 3.63) is 0 Å². The van der Waals surface area contributed by atoms with E-state index in [4.69, 9.17) is 4.74 Å². The number of methoxy groups -OCH3 is 1. The molecule has 2 atom stereocenters. The molecular formula is C13H24N2O2. The van der Waals surface area contributed by atoms with Gasteiger partial charge >= 0.3 is 5.97 Å². The highest BCUT2D eigenvalue weighted by Crippen LogP contribution is 2.31. The molecule has 0 spiro atoms. The molecule has 17 heavy (non-hydrogen) atoms. The largest absolute Gasteiger partial charge is 0.469 e. The van der Waals surface area contributed by atoms with Gasteiger partial charge in [0.25, 0.3) is 0 Å². The van der Waals surface area contributed by atoms with Crippen molar-refractivity contribution < 1.29 is 9.53 Å². The minimum Gasteiger partial charge on any atom is -0.469 e. The SMILES string of the molecule is CNC1CC(CC(=O)OC)CN(CC2CC2)C1. The Morgan fingerprint density at radius 3 is 2.71 bits per heavy atom. The van der Waals surface area contributed by atoms with Crippen LogP contribution in [0, 0.1) is 11.8 Å². The lowest BCUT2D eigenvalue weighted by atomic mass is 9.91. The quantitative estimate of drug-likeness (QED) is 0.724. The Labute approximate surface area is 104 Å². The number of piperidine rings is 1. The Morgan fingerprint density at radius 2 is 2.12 bits per heavy atom. The van der Waals surface area contributed by atoms with Gasteiger partial charge in [-0.05, 0) is 38.1 Å². The first-order valence-corrected chi connectivity index (χ1v) is 6.67. The Hall–Kier alpha value is -0.610. The van der Waals surface area contributed by atoms with Crippen LogP contribution in [0.4, 0.5) is 0 Å². The van der Waals surface area contributed by atoms with Gasteiger partial charge in [-0.3, -0.25) is 4.79 Å². The average Bonchev–Trinajstić information content (AvgIpc) is 3.12. The zero-order valence-electron chi connectivity index (χ0n) is 10.9. The van der Waals surface area contributed by atoms with Crippen LogP contribution < -0.4 is 5.32 Å². The number of nitrogens with one attached hydrogen (secondary N) is 1. The fraction of sp³-hybridized carbons (Fsp3) is 0.923. The minimum atomic E-state index is -0.0712. The monoisotopic (exact) mass is 240 g/mol. The number of hydrogen-bond donors (Lipinski definition) is 1. The summed E-state index contributed by atoms with van der Waals surface area (Å²) in [5.74, 6) is 1.30. The Kier molecular flexibility index (Phi) is 4.40. The summed E-state index contributed by atoms with van der Waals surface area (Å²) in [4.78, 5) is 13.9. The molecule has 1 aliphatic heterocycles. The van der Waals surface area contributed by atoms with Crippen molar-refractivity contribution >= 4 is 5.97 Å². The number of esters is 1. The maximum atomic E-state index is 11.4. The van der Waals surface area contributed by atoms with Crippen molar-refractivity contribution in [2.24, 2.45) is 11.8 Å². The van der Waals surface area contributed by atoms with Gasteiger partial charge in [0.1, 0.15) is 0 Å². The minimum absolute atomic E-state index is 0.0712. The van der Waals surface area contributed by atoms with E-state index in [0.29, 0.717) is 18.4 Å². The van der Waals surface area contributed by atoms with E-state index in [1.54, 1.807) is 0 Å². The number of carbonyl (C=O) groups excluding carboxylic acids is 1. The summed E-state index contributed by atoms with van der Waals surface area (Å²) in [7, 11) is 3.49. The molecule has 2 fully saturated rings. The van der Waals surface area contributed by atoms with Gasteiger partial charge in [-0.15, -0.1) is 0 Å². The van der Waals surface area contributed by atoms with Gasteiger partial charge in [0.05, 0.1) is 7.11 Å². The van der Waals surface area contributed by atoms with E-state index in [1.165, 1.54) is 26.5 Å². The summed E-state index contributed by atoms with van der Waals surface area (Å²) in [6.07, 6.45) is 4.44. The van der Waals surface area contributed by atoms with Gasteiger partial charge in [0.2, 0.25) is 0 Å². The highest BCUT2D eigenvalue weighted by atomic mass is 16.5. The van der Waals surface area contributed by atoms with Gasteiger partial charge in [-0.25, -0.2) is 0 Å². The molecule has 2 aliphatic rings. The lowest BCUT2D eigenvalue weighted by Gasteiger charge is -2.37. The van der Waals surface area contributed by atoms with Crippen LogP contribution in [0.25, 0.3) is 0 Å². The molecule has 2 unspecified atom stereocenters. The lowest BCUT2D eigenvalue weighted by Crippen LogP contribution is -2.49. The number of likely N-dealkylation sites (tertiary alicyclic amines) is 1. The second-order valence-electron chi connectivity index (χ2n) is 5.53. The number of rotatable bonds is 5. The van der Waals surface area contributed by atoms with Crippen LogP contribution in [-0.2, 0) is 9.53 Å². The normalized spacial score (nSPS) is 30.2. The summed E-state index contributed by atoms with van der Waals surface area (Å²) < 4.78 is 4.77. The van der Waals surface area contributed by atoms with Crippen LogP contribution in [0.15, 0.2) is 0 Å². The number of carbonyl (C=O) groups is 1. The fourth-order valence-corrected chi connectivity index (χ4v) is 2.79. The smallest absolute Gasteiger partial charge is 0.305 e. The first-order valence-electron chi connectivity index (χ1n) is 6.67. The van der Waals surface area contributed by atoms with Gasteiger partial charge in [0, 0.05) is 32.1 Å². The predicted octanol–water partition coefficient (Wildman–Crippen LogP) is 0.869. The van der Waals surface area contributed by atoms with Gasteiger partial charge < -0.3 is 15.0 Å². The first kappa shape index (κ1) is 12.8. The highest BCUT2D eigenvalue weighted by Gasteiger charge is 2.31. The predicted molar refractivity (Wildman–Crippen MR) is 66.8 cm³/mol. The molecule has 1 saturated carbocycles. The van der Waals surface area contributed by atoms with Gasteiger partial charge in [0.15, 0.2) is 0 Å². The van der Waals surface area contributed by atoms with Crippen molar-refractivity contribution in [1.29, 1.82) is 0 Å². The molecule has 2 rings (SSSR count). The number of likely N-dealkylation sites (N-methyl/N-ethyl adjacent to an activating group) is 1. The Bertz CT molecular complexity index is 266. The molecule has 1 aliphatic carbocycles. The van der Waals surface area contributed by atoms with Crippen molar-refractivity contribution in [2.45, 2.75) is 31.7 Å². The van der Waals surface area contributed by atoms with Crippen molar-refractivity contribution in [1.82, 2.24) is 10.2 Å². The maximum absolute atomic E-state index is 11.4. The first-order chi connectivity index (χ1) is 8.21. The molecule has 4 heteroatoms. The maximum Gasteiger partial charge on any atom is 0.305 e. The molecule has 0 amide bonds. The van der Waals surface area contributed by atoms with Gasteiger partial charge in [-0.2, -0.15) is 0 Å². The summed E-state index contributed by atoms with van der Waals surface area (Å²) >= 11 is 0. The van der Waals surface area contributed by atoms with Crippen LogP contribution in [0.2, 0.25) is 0 Å². The zero-order chi connectivity index (χ0) is 12.3. The Balaban J connectivity index is 1.84. The molecule has 0 radical (unpaired) electrons. The third-order valence-corrected chi connectivity index (χ3v) is 3.92. The summed E-state index contributed by atoms with van der Waals surface area (Å²) in [5, 5.41) is 3.35. The van der Waals surface area contributed by atoms with Crippen molar-refractivity contribution in [3.63, 3.8) is 0 Å². The third-order valence-electron chi connectivity index (χ3n) is 3.92. The van der Waals surface area contributed by atoms with E-state index >= 15 is 0 Å². The van der Waals surface area contributed by atoms with E-state index in [1.807, 2.05) is 7.05 Å². The summed E-state index contributed by atoms with van der Waals surface area (Å²) in [6, 6.07) is 0.525. The van der Waals surface area contributed by atoms with Crippen molar-refractivity contribution in [2.75, 3.05) is 33.8 Å². The molecule has 4 nitrogen and oxygen atoms in total. The van der Waals surface area contributed by atoms with Crippen molar-refractivity contribution in [3.8, 4) is 0 Å². The van der Waals surface area contributed by atoms with E-state index in [0.717, 1.165) is 25.4 Å². The molecule has 98 valence electrons. The molecule has 1 heterocycles. The van der Waals surface area contributed by atoms with Crippen LogP contribution in [0.5, 0.6) is 0 Å². The van der Waals surface area contributed by atoms with Crippen LogP contribution in [0.3, 0.4) is 0 Å². The Morgan fingerprint density at radius 1 is 1.35 bits per heavy atom. The summed E-state index contributed by atoms with van der Waals surface area (Å²) in [5.41, 5.74) is 0. The molecular weight excluding hydrogens is 216 g/mol. The highest BCUT2D eigenvalue weighted by molar-refractivity contribution is 5.69. The third kappa shape index (κ3) is 3.96. The molecule has 0 aromatic carbocycles. The standard InChI is InChI=1S/C13H24N2O2/c1-14-12-5-11(6-13(16)17-2)8-15(9-12)7-10-3-4-10/h10-12,14H,3-9H2,1-2H3. The molecule has 0 aromatic rings. The van der Waals surface area contributed by atoms with E-state index in [-0.39, 0.29) is 5.97 Å². The fourth-order valence-electron chi connectivity index (χ4n) is 2.79. The topological polar surface area (TPSA) is 41.6 Å². The average molecular weight is 240 g/mol. The second-order valence-corrected chi connectivity index (χ2v) is 5.53. The van der Waals surface area contributed by atoms with Crippen LogP contribution >= 0.6 is 0 Å². The molecule has 1 saturated heterocycles. The molecule has 0 aromatic heterocycles. The number of hydrogen-bond acceptors (Lipinski definition) is 4. The van der Waals surface area contributed by atoms with Crippen LogP contribution in [-0.4, -0.2) is 50.7 Å². The summed E-state index contributed by atoms with van der Waals surface area (Å²) in [6.45, 7) is 3.41. The lowest BCUT2D eigenvalue weighted by molar-refractivity contribution is -0.142. The van der Waals surface area contributed by atoms with E-state index in [9.17, 15) is 4.79 Å². The van der Waals surface area contributed by atoms with Crippen LogP contribution in [0.1, 0.15) is 25.7 Å². The number of ether oxygens (including phenoxy) is 1.